The topological polar surface area (TPSA) is 44.8 Å². The van der Waals surface area contributed by atoms with E-state index in [4.69, 9.17) is 9.47 Å². The van der Waals surface area contributed by atoms with Crippen LogP contribution in [0.3, 0.4) is 0 Å². The number of hydrogen-bond acceptors (Lipinski definition) is 4. The predicted octanol–water partition coefficient (Wildman–Crippen LogP) is 3.34. The maximum atomic E-state index is 13.3. The highest BCUT2D eigenvalue weighted by Gasteiger charge is 2.18. The first-order chi connectivity index (χ1) is 10.5. The highest BCUT2D eigenvalue weighted by atomic mass is 19.2. The SMILES string of the molecule is COC(=O)c1cc(F)c(F)cc1OCc1ccc(OC)cc1. The minimum Gasteiger partial charge on any atom is -0.497 e. The molecular formula is C16H14F2O4. The van der Waals surface area contributed by atoms with Gasteiger partial charge in [0, 0.05) is 6.07 Å². The van der Waals surface area contributed by atoms with E-state index in [1.54, 1.807) is 31.4 Å². The van der Waals surface area contributed by atoms with Gasteiger partial charge in [-0.05, 0) is 23.8 Å². The molecule has 116 valence electrons. The Balaban J connectivity index is 2.20. The summed E-state index contributed by atoms with van der Waals surface area (Å²) in [4.78, 5) is 11.6. The van der Waals surface area contributed by atoms with Crippen molar-refractivity contribution >= 4 is 5.97 Å². The zero-order chi connectivity index (χ0) is 16.1. The third kappa shape index (κ3) is 3.52. The van der Waals surface area contributed by atoms with Crippen LogP contribution in [0, 0.1) is 11.6 Å². The van der Waals surface area contributed by atoms with Crippen LogP contribution in [0.5, 0.6) is 11.5 Å². The molecule has 0 bridgehead atoms. The molecule has 0 heterocycles. The second-order valence-electron chi connectivity index (χ2n) is 4.39. The molecule has 0 aromatic heterocycles. The van der Waals surface area contributed by atoms with Crippen LogP contribution in [0.25, 0.3) is 0 Å². The van der Waals surface area contributed by atoms with Gasteiger partial charge < -0.3 is 14.2 Å². The molecule has 0 aliphatic heterocycles. The van der Waals surface area contributed by atoms with Crippen LogP contribution in [0.2, 0.25) is 0 Å². The van der Waals surface area contributed by atoms with E-state index in [2.05, 4.69) is 4.74 Å². The lowest BCUT2D eigenvalue weighted by Crippen LogP contribution is -2.07. The lowest BCUT2D eigenvalue weighted by Gasteiger charge is -2.11. The van der Waals surface area contributed by atoms with Crippen LogP contribution in [-0.4, -0.2) is 20.2 Å². The number of esters is 1. The van der Waals surface area contributed by atoms with Crippen LogP contribution in [-0.2, 0) is 11.3 Å². The van der Waals surface area contributed by atoms with E-state index in [0.717, 1.165) is 24.8 Å². The third-order valence-corrected chi connectivity index (χ3v) is 2.98. The summed E-state index contributed by atoms with van der Waals surface area (Å²) in [5.74, 6) is -2.44. The van der Waals surface area contributed by atoms with Gasteiger partial charge in [0.05, 0.1) is 14.2 Å². The van der Waals surface area contributed by atoms with Gasteiger partial charge in [-0.2, -0.15) is 0 Å². The Labute approximate surface area is 126 Å². The van der Waals surface area contributed by atoms with Gasteiger partial charge in [-0.15, -0.1) is 0 Å². The molecule has 0 radical (unpaired) electrons. The van der Waals surface area contributed by atoms with E-state index >= 15 is 0 Å². The fraction of sp³-hybridized carbons (Fsp3) is 0.188. The molecule has 22 heavy (non-hydrogen) atoms. The summed E-state index contributed by atoms with van der Waals surface area (Å²) in [5, 5.41) is 0. The molecule has 0 fully saturated rings. The first kappa shape index (κ1) is 15.8. The normalized spacial score (nSPS) is 10.2. The van der Waals surface area contributed by atoms with Gasteiger partial charge in [-0.25, -0.2) is 13.6 Å². The number of carbonyl (C=O) groups excluding carboxylic acids is 1. The molecular weight excluding hydrogens is 294 g/mol. The number of methoxy groups -OCH3 is 2. The van der Waals surface area contributed by atoms with Gasteiger partial charge in [0.1, 0.15) is 23.7 Å². The Bertz CT molecular complexity index is 669. The van der Waals surface area contributed by atoms with Crippen molar-refractivity contribution in [2.75, 3.05) is 14.2 Å². The maximum absolute atomic E-state index is 13.3. The third-order valence-electron chi connectivity index (χ3n) is 2.98. The number of halogens is 2. The first-order valence-electron chi connectivity index (χ1n) is 6.38. The fourth-order valence-electron chi connectivity index (χ4n) is 1.80. The van der Waals surface area contributed by atoms with Gasteiger partial charge in [-0.1, -0.05) is 12.1 Å². The molecule has 0 saturated heterocycles. The Morgan fingerprint density at radius 1 is 1.05 bits per heavy atom. The lowest BCUT2D eigenvalue weighted by atomic mass is 10.2. The highest BCUT2D eigenvalue weighted by Crippen LogP contribution is 2.24. The van der Waals surface area contributed by atoms with Gasteiger partial charge in [0.2, 0.25) is 0 Å². The number of ether oxygens (including phenoxy) is 3. The summed E-state index contributed by atoms with van der Waals surface area (Å²) in [6.45, 7) is 0.0824. The maximum Gasteiger partial charge on any atom is 0.341 e. The summed E-state index contributed by atoms with van der Waals surface area (Å²) in [7, 11) is 2.70. The van der Waals surface area contributed by atoms with Crippen molar-refractivity contribution in [1.29, 1.82) is 0 Å². The largest absolute Gasteiger partial charge is 0.497 e. The molecule has 0 amide bonds. The van der Waals surface area contributed by atoms with E-state index < -0.39 is 17.6 Å². The Morgan fingerprint density at radius 3 is 2.27 bits per heavy atom. The molecule has 2 aromatic rings. The second kappa shape index (κ2) is 6.89. The fourth-order valence-corrected chi connectivity index (χ4v) is 1.80. The van der Waals surface area contributed by atoms with Crippen LogP contribution >= 0.6 is 0 Å². The molecule has 0 atom stereocenters. The van der Waals surface area contributed by atoms with Crippen molar-refractivity contribution in [1.82, 2.24) is 0 Å². The monoisotopic (exact) mass is 308 g/mol. The molecule has 2 aromatic carbocycles. The van der Waals surface area contributed by atoms with Crippen LogP contribution in [0.4, 0.5) is 8.78 Å². The molecule has 4 nitrogen and oxygen atoms in total. The Hall–Kier alpha value is -2.63. The summed E-state index contributed by atoms with van der Waals surface area (Å²) < 4.78 is 41.5. The molecule has 0 aliphatic carbocycles. The van der Waals surface area contributed by atoms with Gasteiger partial charge in [-0.3, -0.25) is 0 Å². The van der Waals surface area contributed by atoms with Gasteiger partial charge in [0.15, 0.2) is 11.6 Å². The van der Waals surface area contributed by atoms with E-state index in [1.807, 2.05) is 0 Å². The molecule has 6 heteroatoms. The predicted molar refractivity (Wildman–Crippen MR) is 75.0 cm³/mol. The molecule has 0 aliphatic rings. The first-order valence-corrected chi connectivity index (χ1v) is 6.38. The quantitative estimate of drug-likeness (QED) is 0.795. The highest BCUT2D eigenvalue weighted by molar-refractivity contribution is 5.92. The minimum atomic E-state index is -1.14. The van der Waals surface area contributed by atoms with E-state index in [9.17, 15) is 13.6 Å². The van der Waals surface area contributed by atoms with Crippen molar-refractivity contribution in [2.45, 2.75) is 6.61 Å². The van der Waals surface area contributed by atoms with Crippen LogP contribution in [0.1, 0.15) is 15.9 Å². The van der Waals surface area contributed by atoms with Gasteiger partial charge in [0.25, 0.3) is 0 Å². The van der Waals surface area contributed by atoms with E-state index in [-0.39, 0.29) is 17.9 Å². The Morgan fingerprint density at radius 2 is 1.68 bits per heavy atom. The summed E-state index contributed by atoms with van der Waals surface area (Å²) >= 11 is 0. The number of benzene rings is 2. The Kier molecular flexibility index (Phi) is 4.93. The zero-order valence-corrected chi connectivity index (χ0v) is 12.1. The average Bonchev–Trinajstić information content (AvgIpc) is 2.55. The standard InChI is InChI=1S/C16H14F2O4/c1-20-11-5-3-10(4-6-11)9-22-15-8-14(18)13(17)7-12(15)16(19)21-2/h3-8H,9H2,1-2H3. The van der Waals surface area contributed by atoms with Crippen molar-refractivity contribution in [2.24, 2.45) is 0 Å². The van der Waals surface area contributed by atoms with Crippen molar-refractivity contribution < 1.29 is 27.8 Å². The lowest BCUT2D eigenvalue weighted by molar-refractivity contribution is 0.0594. The smallest absolute Gasteiger partial charge is 0.341 e. The van der Waals surface area contributed by atoms with Crippen LogP contribution in [0.15, 0.2) is 36.4 Å². The minimum absolute atomic E-state index is 0.0819. The second-order valence-corrected chi connectivity index (χ2v) is 4.39. The van der Waals surface area contributed by atoms with Gasteiger partial charge >= 0.3 is 5.97 Å². The summed E-state index contributed by atoms with van der Waals surface area (Å²) in [5.41, 5.74) is 0.608. The molecule has 0 unspecified atom stereocenters. The summed E-state index contributed by atoms with van der Waals surface area (Å²) in [6, 6.07) is 8.58. The molecule has 0 saturated carbocycles. The zero-order valence-electron chi connectivity index (χ0n) is 12.1. The molecule has 0 N–H and O–H groups in total. The average molecular weight is 308 g/mol. The van der Waals surface area contributed by atoms with E-state index in [0.29, 0.717) is 5.75 Å². The number of hydrogen-bond donors (Lipinski definition) is 0. The molecule has 2 rings (SSSR count). The van der Waals surface area contributed by atoms with Crippen molar-refractivity contribution in [3.05, 3.63) is 59.2 Å². The molecule has 0 spiro atoms. The van der Waals surface area contributed by atoms with Crippen molar-refractivity contribution in [3.8, 4) is 11.5 Å². The van der Waals surface area contributed by atoms with Crippen molar-refractivity contribution in [3.63, 3.8) is 0 Å². The number of carbonyl (C=O) groups is 1. The number of rotatable bonds is 5. The summed E-state index contributed by atoms with van der Waals surface area (Å²) in [6.07, 6.45) is 0. The van der Waals surface area contributed by atoms with E-state index in [1.165, 1.54) is 0 Å². The van der Waals surface area contributed by atoms with Crippen LogP contribution < -0.4 is 9.47 Å².